The zero-order valence-electron chi connectivity index (χ0n) is 24.2. The van der Waals surface area contributed by atoms with E-state index in [2.05, 4.69) is 46.4 Å². The van der Waals surface area contributed by atoms with E-state index < -0.39 is 5.41 Å². The number of carbonyl (C=O) groups excluding carboxylic acids is 2. The van der Waals surface area contributed by atoms with Crippen molar-refractivity contribution < 1.29 is 9.59 Å². The smallest absolute Gasteiger partial charge is 0.178 e. The second-order valence-corrected chi connectivity index (χ2v) is 14.5. The Morgan fingerprint density at radius 3 is 2.22 bits per heavy atom. The predicted molar refractivity (Wildman–Crippen MR) is 146 cm³/mol. The van der Waals surface area contributed by atoms with Crippen LogP contribution in [0.15, 0.2) is 24.3 Å². The van der Waals surface area contributed by atoms with Crippen LogP contribution in [-0.2, 0) is 9.59 Å². The maximum absolute atomic E-state index is 14.2. The summed E-state index contributed by atoms with van der Waals surface area (Å²) in [4.78, 5) is 27.3. The summed E-state index contributed by atoms with van der Waals surface area (Å²) in [5.41, 5.74) is -0.0941. The molecule has 0 aromatic carbocycles. The van der Waals surface area contributed by atoms with Gasteiger partial charge < -0.3 is 0 Å². The third-order valence-corrected chi connectivity index (χ3v) is 12.1. The van der Waals surface area contributed by atoms with Crippen molar-refractivity contribution in [2.45, 2.75) is 107 Å². The molecular formula is C33H49NO2. The maximum atomic E-state index is 14.2. The molecule has 0 radical (unpaired) electrons. The average Bonchev–Trinajstić information content (AvgIpc) is 2.83. The van der Waals surface area contributed by atoms with Gasteiger partial charge in [-0.05, 0) is 90.3 Å². The van der Waals surface area contributed by atoms with Gasteiger partial charge in [0.1, 0.15) is 11.9 Å². The Labute approximate surface area is 220 Å². The number of nitriles is 1. The van der Waals surface area contributed by atoms with Gasteiger partial charge in [-0.1, -0.05) is 67.5 Å². The van der Waals surface area contributed by atoms with Gasteiger partial charge in [0.25, 0.3) is 0 Å². The molecule has 3 heteroatoms. The SMILES string of the molecule is C=CC12CCC3C(C(=O)CC4C5(C)C=C(C#N)C(=O)C(C)(C)C5CCC34C)C1CC(C)(C)CC2.CC. The molecular weight excluding hydrogens is 442 g/mol. The first-order valence-corrected chi connectivity index (χ1v) is 14.6. The van der Waals surface area contributed by atoms with Crippen molar-refractivity contribution in [1.29, 1.82) is 5.26 Å². The molecule has 4 saturated carbocycles. The lowest BCUT2D eigenvalue weighted by molar-refractivity contribution is -0.186. The van der Waals surface area contributed by atoms with E-state index in [1.807, 2.05) is 33.8 Å². The van der Waals surface area contributed by atoms with Gasteiger partial charge in [-0.15, -0.1) is 6.58 Å². The van der Waals surface area contributed by atoms with Crippen LogP contribution in [0, 0.1) is 68.0 Å². The van der Waals surface area contributed by atoms with Gasteiger partial charge in [0.05, 0.1) is 5.57 Å². The van der Waals surface area contributed by atoms with Crippen molar-refractivity contribution >= 4 is 11.6 Å². The number of carbonyl (C=O) groups is 2. The topological polar surface area (TPSA) is 57.9 Å². The highest BCUT2D eigenvalue weighted by atomic mass is 16.1. The summed E-state index contributed by atoms with van der Waals surface area (Å²) in [7, 11) is 0. The van der Waals surface area contributed by atoms with Gasteiger partial charge in [0.15, 0.2) is 5.78 Å². The number of allylic oxidation sites excluding steroid dienone is 3. The number of fused-ring (bicyclic) bond motifs is 7. The summed E-state index contributed by atoms with van der Waals surface area (Å²) in [5, 5.41) is 9.82. The monoisotopic (exact) mass is 491 g/mol. The fraction of sp³-hybridized carbons (Fsp3) is 0.788. The van der Waals surface area contributed by atoms with E-state index in [0.717, 1.165) is 38.5 Å². The minimum absolute atomic E-state index is 0.0149. The van der Waals surface area contributed by atoms with E-state index in [1.54, 1.807) is 0 Å². The van der Waals surface area contributed by atoms with Gasteiger partial charge in [0.2, 0.25) is 0 Å². The zero-order valence-corrected chi connectivity index (χ0v) is 24.2. The van der Waals surface area contributed by atoms with Crippen LogP contribution in [0.3, 0.4) is 0 Å². The summed E-state index contributed by atoms with van der Waals surface area (Å²) >= 11 is 0. The standard InChI is InChI=1S/C31H43NO2.C2H6/c1-8-31-12-9-20-25(21(31)17-27(2,3)13-14-31)22(33)15-24-29(20,6)11-10-23-28(4,5)26(34)19(18-32)16-30(23,24)7;1-2/h8,16,20-21,23-25H,1,9-15,17H2,2-7H3;1-2H3. The van der Waals surface area contributed by atoms with E-state index in [9.17, 15) is 14.9 Å². The summed E-state index contributed by atoms with van der Waals surface area (Å²) in [5.74, 6) is 1.72. The van der Waals surface area contributed by atoms with Crippen LogP contribution in [0.2, 0.25) is 0 Å². The molecule has 198 valence electrons. The Hall–Kier alpha value is -1.69. The van der Waals surface area contributed by atoms with Crippen LogP contribution in [0.4, 0.5) is 0 Å². The Morgan fingerprint density at radius 1 is 0.944 bits per heavy atom. The summed E-state index contributed by atoms with van der Waals surface area (Å²) in [6.07, 6.45) is 12.6. The maximum Gasteiger partial charge on any atom is 0.178 e. The summed E-state index contributed by atoms with van der Waals surface area (Å²) in [6.45, 7) is 21.8. The summed E-state index contributed by atoms with van der Waals surface area (Å²) in [6, 6.07) is 2.22. The van der Waals surface area contributed by atoms with E-state index in [-0.39, 0.29) is 45.2 Å². The Bertz CT molecular complexity index is 1030. The van der Waals surface area contributed by atoms with E-state index in [4.69, 9.17) is 0 Å². The van der Waals surface area contributed by atoms with E-state index in [1.165, 1.54) is 6.42 Å². The van der Waals surface area contributed by atoms with Gasteiger partial charge in [-0.25, -0.2) is 0 Å². The van der Waals surface area contributed by atoms with E-state index in [0.29, 0.717) is 29.6 Å². The van der Waals surface area contributed by atoms with Gasteiger partial charge in [-0.3, -0.25) is 9.59 Å². The molecule has 8 atom stereocenters. The van der Waals surface area contributed by atoms with Crippen LogP contribution in [0.1, 0.15) is 107 Å². The molecule has 0 N–H and O–H groups in total. The van der Waals surface area contributed by atoms with Crippen LogP contribution in [-0.4, -0.2) is 11.6 Å². The number of nitrogens with zero attached hydrogens (tertiary/aromatic N) is 1. The summed E-state index contributed by atoms with van der Waals surface area (Å²) < 4.78 is 0. The molecule has 3 nitrogen and oxygen atoms in total. The molecule has 0 amide bonds. The van der Waals surface area contributed by atoms with E-state index >= 15 is 0 Å². The van der Waals surface area contributed by atoms with Crippen LogP contribution >= 0.6 is 0 Å². The second kappa shape index (κ2) is 8.68. The fourth-order valence-electron chi connectivity index (χ4n) is 10.3. The lowest BCUT2D eigenvalue weighted by Crippen LogP contribution is -2.64. The normalized spacial score (nSPS) is 46.3. The number of hydrogen-bond acceptors (Lipinski definition) is 3. The minimum Gasteiger partial charge on any atom is -0.299 e. The quantitative estimate of drug-likeness (QED) is 0.348. The average molecular weight is 492 g/mol. The first-order chi connectivity index (χ1) is 16.8. The predicted octanol–water partition coefficient (Wildman–Crippen LogP) is 8.11. The molecule has 0 aromatic heterocycles. The molecule has 0 heterocycles. The third-order valence-electron chi connectivity index (χ3n) is 12.1. The molecule has 5 aliphatic rings. The van der Waals surface area contributed by atoms with Crippen LogP contribution in [0.5, 0.6) is 0 Å². The minimum atomic E-state index is -0.562. The van der Waals surface area contributed by atoms with Crippen molar-refractivity contribution in [3.63, 3.8) is 0 Å². The van der Waals surface area contributed by atoms with Crippen molar-refractivity contribution in [1.82, 2.24) is 0 Å². The number of rotatable bonds is 1. The lowest BCUT2D eigenvalue weighted by Gasteiger charge is -2.68. The van der Waals surface area contributed by atoms with Gasteiger partial charge in [-0.2, -0.15) is 5.26 Å². The fourth-order valence-corrected chi connectivity index (χ4v) is 10.3. The molecule has 36 heavy (non-hydrogen) atoms. The molecule has 0 saturated heterocycles. The molecule has 5 rings (SSSR count). The van der Waals surface area contributed by atoms with Crippen LogP contribution < -0.4 is 0 Å². The first-order valence-electron chi connectivity index (χ1n) is 14.6. The molecule has 0 spiro atoms. The molecule has 5 aliphatic carbocycles. The molecule has 0 aromatic rings. The highest BCUT2D eigenvalue weighted by molar-refractivity contribution is 6.04. The molecule has 0 bridgehead atoms. The highest BCUT2D eigenvalue weighted by Crippen LogP contribution is 2.71. The van der Waals surface area contributed by atoms with Crippen molar-refractivity contribution in [3.05, 3.63) is 24.3 Å². The number of ketones is 2. The largest absolute Gasteiger partial charge is 0.299 e. The third kappa shape index (κ3) is 3.56. The van der Waals surface area contributed by atoms with Crippen LogP contribution in [0.25, 0.3) is 0 Å². The van der Waals surface area contributed by atoms with Crippen molar-refractivity contribution in [2.75, 3.05) is 0 Å². The lowest BCUT2D eigenvalue weighted by atomic mass is 9.35. The first kappa shape index (κ1) is 27.3. The van der Waals surface area contributed by atoms with Gasteiger partial charge in [0, 0.05) is 17.8 Å². The Balaban J connectivity index is 0.00000148. The van der Waals surface area contributed by atoms with Gasteiger partial charge >= 0.3 is 0 Å². The Morgan fingerprint density at radius 2 is 1.61 bits per heavy atom. The van der Waals surface area contributed by atoms with Crippen molar-refractivity contribution in [3.8, 4) is 6.07 Å². The zero-order chi connectivity index (χ0) is 26.9. The number of Topliss-reactive ketones (excluding diaryl/α,β-unsaturated/α-hetero) is 2. The van der Waals surface area contributed by atoms with Crippen molar-refractivity contribution in [2.24, 2.45) is 56.7 Å². The highest BCUT2D eigenvalue weighted by Gasteiger charge is 2.67. The molecule has 8 unspecified atom stereocenters. The Kier molecular flexibility index (Phi) is 6.59. The number of hydrogen-bond donors (Lipinski definition) is 0. The molecule has 4 fully saturated rings. The molecule has 0 aliphatic heterocycles. The second-order valence-electron chi connectivity index (χ2n) is 14.5.